The first-order valence-corrected chi connectivity index (χ1v) is 5.44. The molecule has 9 nitrogen and oxygen atoms in total. The van der Waals surface area contributed by atoms with Crippen molar-refractivity contribution >= 4 is 23.4 Å². The third-order valence-electron chi connectivity index (χ3n) is 2.38. The Balaban J connectivity index is 2.25. The zero-order valence-electron chi connectivity index (χ0n) is 10.0. The summed E-state index contributed by atoms with van der Waals surface area (Å²) >= 11 is 0. The van der Waals surface area contributed by atoms with Crippen molar-refractivity contribution in [3.8, 4) is 0 Å². The van der Waals surface area contributed by atoms with Gasteiger partial charge in [-0.15, -0.1) is 0 Å². The Morgan fingerprint density at radius 3 is 2.84 bits per heavy atom. The minimum atomic E-state index is -1.22. The highest BCUT2D eigenvalue weighted by Crippen LogP contribution is 2.15. The number of rotatable bonds is 4. The topological polar surface area (TPSA) is 139 Å². The van der Waals surface area contributed by atoms with E-state index in [1.54, 1.807) is 6.92 Å². The van der Waals surface area contributed by atoms with Crippen LogP contribution in [-0.2, 0) is 6.54 Å². The van der Waals surface area contributed by atoms with Gasteiger partial charge < -0.3 is 16.2 Å². The van der Waals surface area contributed by atoms with Crippen molar-refractivity contribution in [2.45, 2.75) is 13.5 Å². The number of aromatic amines is 1. The van der Waals surface area contributed by atoms with Crippen LogP contribution in [0, 0.1) is 0 Å². The lowest BCUT2D eigenvalue weighted by molar-refractivity contribution is 0.0690. The summed E-state index contributed by atoms with van der Waals surface area (Å²) in [7, 11) is 0. The molecule has 2 aromatic rings. The molecular weight excluding hydrogens is 252 g/mol. The lowest BCUT2D eigenvalue weighted by atomic mass is 10.3. The van der Waals surface area contributed by atoms with Crippen LogP contribution in [0.25, 0.3) is 0 Å². The summed E-state index contributed by atoms with van der Waals surface area (Å²) in [6, 6.07) is 1.35. The van der Waals surface area contributed by atoms with E-state index in [4.69, 9.17) is 10.8 Å². The maximum absolute atomic E-state index is 11.8. The maximum Gasteiger partial charge on any atom is 0.358 e. The van der Waals surface area contributed by atoms with Gasteiger partial charge in [-0.1, -0.05) is 0 Å². The van der Waals surface area contributed by atoms with E-state index < -0.39 is 11.9 Å². The number of carboxylic acid groups (broad SMARTS) is 1. The fraction of sp³-hybridized carbons (Fsp3) is 0.200. The summed E-state index contributed by atoms with van der Waals surface area (Å²) < 4.78 is 1.42. The second-order valence-electron chi connectivity index (χ2n) is 3.71. The van der Waals surface area contributed by atoms with Crippen LogP contribution >= 0.6 is 0 Å². The Hall–Kier alpha value is -2.84. The largest absolute Gasteiger partial charge is 0.476 e. The normalized spacial score (nSPS) is 10.4. The smallest absolute Gasteiger partial charge is 0.358 e. The number of carbonyl (C=O) groups excluding carboxylic acids is 1. The predicted molar refractivity (Wildman–Crippen MR) is 65.8 cm³/mol. The molecule has 5 N–H and O–H groups in total. The number of hydrogen-bond donors (Lipinski definition) is 4. The molecule has 0 bridgehead atoms. The van der Waals surface area contributed by atoms with Crippen molar-refractivity contribution in [3.63, 3.8) is 0 Å². The molecule has 0 saturated heterocycles. The molecule has 0 radical (unpaired) electrons. The van der Waals surface area contributed by atoms with E-state index in [-0.39, 0.29) is 22.9 Å². The molecule has 9 heteroatoms. The number of H-pyrrole nitrogens is 1. The molecule has 100 valence electrons. The molecule has 0 spiro atoms. The van der Waals surface area contributed by atoms with Crippen LogP contribution in [0.4, 0.5) is 11.5 Å². The fourth-order valence-electron chi connectivity index (χ4n) is 1.48. The molecule has 0 saturated carbocycles. The number of nitrogens with one attached hydrogen (secondary N) is 2. The number of aromatic carboxylic acids is 1. The van der Waals surface area contributed by atoms with Gasteiger partial charge in [0.2, 0.25) is 0 Å². The highest BCUT2D eigenvalue weighted by Gasteiger charge is 2.18. The van der Waals surface area contributed by atoms with Crippen LogP contribution in [0.15, 0.2) is 12.3 Å². The first kappa shape index (κ1) is 12.6. The van der Waals surface area contributed by atoms with Crippen molar-refractivity contribution in [1.82, 2.24) is 20.0 Å². The molecule has 0 atom stereocenters. The highest BCUT2D eigenvalue weighted by molar-refractivity contribution is 6.06. The SMILES string of the molecule is CCn1cc(NC(=O)c2cc(N)n[nH]2)c(C(=O)O)n1. The zero-order valence-corrected chi connectivity index (χ0v) is 10.0. The van der Waals surface area contributed by atoms with Crippen molar-refractivity contribution in [2.24, 2.45) is 0 Å². The maximum atomic E-state index is 11.8. The number of aryl methyl sites for hydroxylation is 1. The average molecular weight is 264 g/mol. The van der Waals surface area contributed by atoms with E-state index in [0.29, 0.717) is 6.54 Å². The second-order valence-corrected chi connectivity index (χ2v) is 3.71. The number of nitrogen functional groups attached to an aromatic ring is 1. The lowest BCUT2D eigenvalue weighted by Crippen LogP contribution is -2.14. The van der Waals surface area contributed by atoms with Gasteiger partial charge in [0.15, 0.2) is 5.69 Å². The Morgan fingerprint density at radius 1 is 1.58 bits per heavy atom. The van der Waals surface area contributed by atoms with Gasteiger partial charge in [-0.2, -0.15) is 10.2 Å². The van der Waals surface area contributed by atoms with Gasteiger partial charge in [-0.25, -0.2) is 4.79 Å². The number of hydrogen-bond acceptors (Lipinski definition) is 5. The van der Waals surface area contributed by atoms with Gasteiger partial charge in [-0.3, -0.25) is 14.6 Å². The molecule has 2 aromatic heterocycles. The van der Waals surface area contributed by atoms with Crippen LogP contribution in [0.5, 0.6) is 0 Å². The van der Waals surface area contributed by atoms with E-state index in [9.17, 15) is 9.59 Å². The molecule has 0 aliphatic carbocycles. The molecule has 0 aromatic carbocycles. The minimum absolute atomic E-state index is 0.118. The highest BCUT2D eigenvalue weighted by atomic mass is 16.4. The lowest BCUT2D eigenvalue weighted by Gasteiger charge is -2.00. The van der Waals surface area contributed by atoms with Gasteiger partial charge in [0.25, 0.3) is 5.91 Å². The third kappa shape index (κ3) is 2.54. The third-order valence-corrected chi connectivity index (χ3v) is 2.38. The summed E-state index contributed by atoms with van der Waals surface area (Å²) in [6.07, 6.45) is 1.45. The van der Waals surface area contributed by atoms with Gasteiger partial charge in [0.1, 0.15) is 11.5 Å². The molecule has 2 rings (SSSR count). The van der Waals surface area contributed by atoms with E-state index in [1.807, 2.05) is 0 Å². The summed E-state index contributed by atoms with van der Waals surface area (Å²) in [5.74, 6) is -1.58. The molecule has 19 heavy (non-hydrogen) atoms. The Labute approximate surface area is 107 Å². The van der Waals surface area contributed by atoms with Crippen molar-refractivity contribution in [1.29, 1.82) is 0 Å². The van der Waals surface area contributed by atoms with Gasteiger partial charge >= 0.3 is 5.97 Å². The molecule has 0 fully saturated rings. The number of carbonyl (C=O) groups is 2. The van der Waals surface area contributed by atoms with Crippen molar-refractivity contribution in [2.75, 3.05) is 11.1 Å². The number of anilines is 2. The fourth-order valence-corrected chi connectivity index (χ4v) is 1.48. The van der Waals surface area contributed by atoms with E-state index in [2.05, 4.69) is 20.6 Å². The van der Waals surface area contributed by atoms with Crippen LogP contribution in [-0.4, -0.2) is 37.0 Å². The first-order valence-electron chi connectivity index (χ1n) is 5.44. The van der Waals surface area contributed by atoms with E-state index >= 15 is 0 Å². The number of amides is 1. The molecule has 0 aliphatic rings. The first-order chi connectivity index (χ1) is 9.01. The number of nitrogens with two attached hydrogens (primary N) is 1. The van der Waals surface area contributed by atoms with Crippen molar-refractivity contribution < 1.29 is 14.7 Å². The summed E-state index contributed by atoms with van der Waals surface area (Å²) in [4.78, 5) is 22.8. The standard InChI is InChI=1S/C10H12N6O3/c1-2-16-4-6(8(15-16)10(18)19)12-9(17)5-3-7(11)14-13-5/h3-4H,2H2,1H3,(H,12,17)(H,18,19)(H3,11,13,14). The van der Waals surface area contributed by atoms with Crippen LogP contribution in [0.3, 0.4) is 0 Å². The Kier molecular flexibility index (Phi) is 3.19. The predicted octanol–water partition coefficient (Wildman–Crippen LogP) is 0.159. The molecule has 2 heterocycles. The summed E-state index contributed by atoms with van der Waals surface area (Å²) in [6.45, 7) is 2.30. The molecular formula is C10H12N6O3. The van der Waals surface area contributed by atoms with E-state index in [1.165, 1.54) is 16.9 Å². The quantitative estimate of drug-likeness (QED) is 0.620. The van der Waals surface area contributed by atoms with Crippen LogP contribution in [0.2, 0.25) is 0 Å². The Morgan fingerprint density at radius 2 is 2.32 bits per heavy atom. The van der Waals surface area contributed by atoms with Gasteiger partial charge in [0.05, 0.1) is 5.69 Å². The van der Waals surface area contributed by atoms with Gasteiger partial charge in [-0.05, 0) is 6.92 Å². The summed E-state index contributed by atoms with van der Waals surface area (Å²) in [5.41, 5.74) is 5.42. The number of aromatic nitrogens is 4. The monoisotopic (exact) mass is 264 g/mol. The Bertz CT molecular complexity index is 629. The summed E-state index contributed by atoms with van der Waals surface area (Å²) in [5, 5.41) is 21.3. The molecule has 1 amide bonds. The zero-order chi connectivity index (χ0) is 14.0. The average Bonchev–Trinajstić information content (AvgIpc) is 2.95. The van der Waals surface area contributed by atoms with Crippen LogP contribution < -0.4 is 11.1 Å². The molecule has 0 unspecified atom stereocenters. The second kappa shape index (κ2) is 4.80. The molecule has 0 aliphatic heterocycles. The number of carboxylic acids is 1. The number of nitrogens with zero attached hydrogens (tertiary/aromatic N) is 3. The minimum Gasteiger partial charge on any atom is -0.476 e. The van der Waals surface area contributed by atoms with Crippen molar-refractivity contribution in [3.05, 3.63) is 23.7 Å². The van der Waals surface area contributed by atoms with E-state index in [0.717, 1.165) is 0 Å². The van der Waals surface area contributed by atoms with Gasteiger partial charge in [0, 0.05) is 18.8 Å². The van der Waals surface area contributed by atoms with Crippen LogP contribution in [0.1, 0.15) is 27.9 Å².